The zero-order chi connectivity index (χ0) is 26.5. The number of hydrogen-bond donors (Lipinski definition) is 1. The predicted molar refractivity (Wildman–Crippen MR) is 119 cm³/mol. The fraction of sp³-hybridized carbons (Fsp3) is 0.364. The molecule has 0 amide bonds. The predicted octanol–water partition coefficient (Wildman–Crippen LogP) is 2.97. The summed E-state index contributed by atoms with van der Waals surface area (Å²) in [7, 11) is 0. The SMILES string of the molecule is [2H]C([2H])([2H])N1CC[C@@H]1COc1cnn(C([2H])([2H])[2H])c1-c1ccn2nc(Nc3cc(C)nc(C)n3)cc2c1. The van der Waals surface area contributed by atoms with Crippen molar-refractivity contribution in [3.63, 3.8) is 0 Å². The van der Waals surface area contributed by atoms with Crippen LogP contribution in [0.15, 0.2) is 36.7 Å². The van der Waals surface area contributed by atoms with Crippen LogP contribution in [0.2, 0.25) is 0 Å². The maximum Gasteiger partial charge on any atom is 0.165 e. The van der Waals surface area contributed by atoms with E-state index in [1.54, 1.807) is 22.8 Å². The zero-order valence-electron chi connectivity index (χ0n) is 23.2. The number of likely N-dealkylation sites (N-methyl/N-ethyl adjacent to an activating group) is 1. The molecule has 1 N–H and O–H groups in total. The molecule has 160 valence electrons. The summed E-state index contributed by atoms with van der Waals surface area (Å²) in [4.78, 5) is 10.0. The molecule has 0 saturated carbocycles. The highest BCUT2D eigenvalue weighted by atomic mass is 16.5. The molecule has 9 nitrogen and oxygen atoms in total. The summed E-state index contributed by atoms with van der Waals surface area (Å²) in [6.45, 7) is -0.463. The van der Waals surface area contributed by atoms with Crippen molar-refractivity contribution in [2.24, 2.45) is 6.98 Å². The molecule has 1 aliphatic rings. The lowest BCUT2D eigenvalue weighted by atomic mass is 10.1. The van der Waals surface area contributed by atoms with E-state index in [2.05, 4.69) is 25.5 Å². The van der Waals surface area contributed by atoms with E-state index in [1.807, 2.05) is 26.0 Å². The van der Waals surface area contributed by atoms with Gasteiger partial charge in [-0.25, -0.2) is 14.5 Å². The van der Waals surface area contributed by atoms with E-state index in [1.165, 1.54) is 11.1 Å². The van der Waals surface area contributed by atoms with Crippen molar-refractivity contribution in [2.45, 2.75) is 26.3 Å². The molecule has 0 bridgehead atoms. The van der Waals surface area contributed by atoms with Crippen LogP contribution in [0.4, 0.5) is 11.6 Å². The minimum atomic E-state index is -2.54. The van der Waals surface area contributed by atoms with Gasteiger partial charge in [0.25, 0.3) is 0 Å². The first-order valence-electron chi connectivity index (χ1n) is 13.0. The van der Waals surface area contributed by atoms with E-state index < -0.39 is 14.0 Å². The second-order valence-corrected chi connectivity index (χ2v) is 7.60. The average Bonchev–Trinajstić information content (AvgIpc) is 3.33. The summed E-state index contributed by atoms with van der Waals surface area (Å²) < 4.78 is 55.2. The largest absolute Gasteiger partial charge is 0.488 e. The third-order valence-corrected chi connectivity index (χ3v) is 5.27. The molecule has 0 aliphatic carbocycles. The number of aryl methyl sites for hydroxylation is 3. The topological polar surface area (TPSA) is 85.4 Å². The van der Waals surface area contributed by atoms with Gasteiger partial charge in [0.15, 0.2) is 11.6 Å². The van der Waals surface area contributed by atoms with Crippen LogP contribution >= 0.6 is 0 Å². The first-order chi connectivity index (χ1) is 17.4. The number of nitrogens with one attached hydrogen (secondary N) is 1. The molecule has 5 heterocycles. The second-order valence-electron chi connectivity index (χ2n) is 7.60. The second kappa shape index (κ2) is 7.66. The third-order valence-electron chi connectivity index (χ3n) is 5.27. The Morgan fingerprint density at radius 3 is 2.90 bits per heavy atom. The number of rotatable bonds is 6. The van der Waals surface area contributed by atoms with Crippen LogP contribution in [-0.2, 0) is 6.98 Å². The Morgan fingerprint density at radius 1 is 1.19 bits per heavy atom. The van der Waals surface area contributed by atoms with Crippen LogP contribution in [0.3, 0.4) is 0 Å². The Kier molecular flexibility index (Phi) is 3.40. The lowest BCUT2D eigenvalue weighted by molar-refractivity contribution is 0.0771. The van der Waals surface area contributed by atoms with Gasteiger partial charge in [-0.05, 0) is 45.9 Å². The van der Waals surface area contributed by atoms with Crippen LogP contribution in [0.1, 0.15) is 26.2 Å². The quantitative estimate of drug-likeness (QED) is 0.509. The fourth-order valence-electron chi connectivity index (χ4n) is 3.62. The molecular weight excluding hydrogens is 392 g/mol. The van der Waals surface area contributed by atoms with Crippen molar-refractivity contribution in [3.8, 4) is 17.0 Å². The van der Waals surface area contributed by atoms with Crippen LogP contribution in [0.5, 0.6) is 5.75 Å². The zero-order valence-corrected chi connectivity index (χ0v) is 17.2. The summed E-state index contributed by atoms with van der Waals surface area (Å²) in [5.41, 5.74) is 2.38. The van der Waals surface area contributed by atoms with Crippen molar-refractivity contribution in [2.75, 3.05) is 25.4 Å². The van der Waals surface area contributed by atoms with Gasteiger partial charge in [0, 0.05) is 50.8 Å². The first-order valence-corrected chi connectivity index (χ1v) is 9.96. The van der Waals surface area contributed by atoms with E-state index in [9.17, 15) is 0 Å². The molecule has 9 heteroatoms. The number of ether oxygens (including phenoxy) is 1. The molecule has 0 unspecified atom stereocenters. The van der Waals surface area contributed by atoms with Gasteiger partial charge < -0.3 is 10.1 Å². The van der Waals surface area contributed by atoms with E-state index in [0.717, 1.165) is 10.4 Å². The number of pyridine rings is 1. The van der Waals surface area contributed by atoms with Crippen LogP contribution < -0.4 is 10.1 Å². The highest BCUT2D eigenvalue weighted by molar-refractivity contribution is 5.72. The Hall–Kier alpha value is -3.46. The van der Waals surface area contributed by atoms with Gasteiger partial charge >= 0.3 is 0 Å². The summed E-state index contributed by atoms with van der Waals surface area (Å²) in [6.07, 6.45) is 3.76. The van der Waals surface area contributed by atoms with Gasteiger partial charge in [-0.2, -0.15) is 10.2 Å². The number of hydrogen-bond acceptors (Lipinski definition) is 7. The lowest BCUT2D eigenvalue weighted by Crippen LogP contribution is -2.48. The molecule has 31 heavy (non-hydrogen) atoms. The Balaban J connectivity index is 1.44. The molecule has 0 radical (unpaired) electrons. The molecule has 4 aromatic rings. The van der Waals surface area contributed by atoms with Gasteiger partial charge in [0.2, 0.25) is 0 Å². The summed E-state index contributed by atoms with van der Waals surface area (Å²) in [5, 5.41) is 11.8. The highest BCUT2D eigenvalue weighted by Gasteiger charge is 2.25. The minimum absolute atomic E-state index is 0.110. The maximum absolute atomic E-state index is 7.94. The third kappa shape index (κ3) is 3.84. The number of fused-ring (bicyclic) bond motifs is 1. The number of likely N-dealkylation sites (tertiary alicyclic amines) is 1. The molecule has 1 atom stereocenters. The monoisotopic (exact) mass is 424 g/mol. The van der Waals surface area contributed by atoms with Gasteiger partial charge in [-0.3, -0.25) is 9.58 Å². The van der Waals surface area contributed by atoms with Crippen molar-refractivity contribution in [1.82, 2.24) is 34.3 Å². The standard InChI is InChI=1S/C22H26N8O/c1-14-9-20(25-15(2)24-14)26-21-11-18-10-16(5-8-30(18)27-21)22-19(12-23-29(22)4)31-13-17-6-7-28(17)3/h5,8-12,17H,6-7,13H2,1-4H3,(H,24,25,26,27)/t17-/m1/s1/i3D3,4D3. The highest BCUT2D eigenvalue weighted by Crippen LogP contribution is 2.31. The van der Waals surface area contributed by atoms with Gasteiger partial charge in [-0.15, -0.1) is 0 Å². The Bertz CT molecular complexity index is 1420. The normalized spacial score (nSPS) is 20.1. The van der Waals surface area contributed by atoms with Crippen molar-refractivity contribution >= 4 is 17.2 Å². The lowest BCUT2D eigenvalue weighted by Gasteiger charge is -2.37. The van der Waals surface area contributed by atoms with E-state index in [0.29, 0.717) is 41.5 Å². The number of anilines is 2. The van der Waals surface area contributed by atoms with Crippen molar-refractivity contribution in [3.05, 3.63) is 48.2 Å². The number of aromatic nitrogens is 6. The van der Waals surface area contributed by atoms with Gasteiger partial charge in [0.05, 0.1) is 11.7 Å². The molecule has 1 fully saturated rings. The molecule has 1 aliphatic heterocycles. The maximum atomic E-state index is 7.94. The van der Waals surface area contributed by atoms with Crippen molar-refractivity contribution in [1.29, 1.82) is 0 Å². The van der Waals surface area contributed by atoms with Crippen LogP contribution in [0, 0.1) is 13.8 Å². The molecule has 5 rings (SSSR count). The average molecular weight is 425 g/mol. The Morgan fingerprint density at radius 2 is 2.13 bits per heavy atom. The molecule has 0 spiro atoms. The molecule has 0 aromatic carbocycles. The molecule has 4 aromatic heterocycles. The van der Waals surface area contributed by atoms with Crippen LogP contribution in [-0.4, -0.2) is 60.4 Å². The molecular formula is C22H26N8O. The van der Waals surface area contributed by atoms with E-state index in [-0.39, 0.29) is 24.1 Å². The van der Waals surface area contributed by atoms with Crippen LogP contribution in [0.25, 0.3) is 16.8 Å². The summed E-state index contributed by atoms with van der Waals surface area (Å²) >= 11 is 0. The minimum Gasteiger partial charge on any atom is -0.488 e. The van der Waals surface area contributed by atoms with E-state index in [4.69, 9.17) is 13.0 Å². The first kappa shape index (κ1) is 13.8. The fourth-order valence-corrected chi connectivity index (χ4v) is 3.62. The Labute approximate surface area is 189 Å². The van der Waals surface area contributed by atoms with Gasteiger partial charge in [-0.1, -0.05) is 0 Å². The van der Waals surface area contributed by atoms with Crippen molar-refractivity contribution < 1.29 is 13.0 Å². The smallest absolute Gasteiger partial charge is 0.165 e. The summed E-state index contributed by atoms with van der Waals surface area (Å²) in [6, 6.07) is 6.87. The molecule has 1 saturated heterocycles. The van der Waals surface area contributed by atoms with E-state index >= 15 is 0 Å². The number of nitrogens with zero attached hydrogens (tertiary/aromatic N) is 7. The summed E-state index contributed by atoms with van der Waals surface area (Å²) in [5.74, 6) is 2.09. The van der Waals surface area contributed by atoms with Gasteiger partial charge in [0.1, 0.15) is 23.9 Å².